The summed E-state index contributed by atoms with van der Waals surface area (Å²) in [6, 6.07) is 15.4. The number of hydrogen-bond acceptors (Lipinski definition) is 6. The largest absolute Gasteiger partial charge is 0.336 e. The first kappa shape index (κ1) is 19.7. The van der Waals surface area contributed by atoms with Crippen LogP contribution in [0.1, 0.15) is 17.3 Å². The van der Waals surface area contributed by atoms with Gasteiger partial charge in [0.15, 0.2) is 0 Å². The van der Waals surface area contributed by atoms with E-state index in [-0.39, 0.29) is 23.4 Å². The maximum absolute atomic E-state index is 13.1. The molecule has 1 atom stereocenters. The lowest BCUT2D eigenvalue weighted by Gasteiger charge is -2.39. The van der Waals surface area contributed by atoms with Crippen molar-refractivity contribution in [2.45, 2.75) is 17.9 Å². The Balaban J connectivity index is 1.49. The molecule has 7 nitrogen and oxygen atoms in total. The maximum atomic E-state index is 13.1. The highest BCUT2D eigenvalue weighted by Gasteiger charge is 2.35. The molecule has 1 aliphatic rings. The topological polar surface area (TPSA) is 83.5 Å². The fourth-order valence-electron chi connectivity index (χ4n) is 3.47. The van der Waals surface area contributed by atoms with Gasteiger partial charge in [-0.3, -0.25) is 4.79 Å². The Hall–Kier alpha value is -2.62. The number of hydrogen-bond donors (Lipinski definition) is 0. The van der Waals surface area contributed by atoms with E-state index in [0.717, 1.165) is 11.3 Å². The van der Waals surface area contributed by atoms with E-state index in [0.29, 0.717) is 18.7 Å². The van der Waals surface area contributed by atoms with Crippen LogP contribution >= 0.6 is 11.5 Å². The number of carbonyl (C=O) groups excluding carboxylic acids is 1. The molecule has 29 heavy (non-hydrogen) atoms. The minimum Gasteiger partial charge on any atom is -0.336 e. The van der Waals surface area contributed by atoms with Gasteiger partial charge in [0, 0.05) is 42.2 Å². The fraction of sp³-hybridized carbons (Fsp3) is 0.250. The summed E-state index contributed by atoms with van der Waals surface area (Å²) in [6.07, 6.45) is 0. The Labute approximate surface area is 173 Å². The van der Waals surface area contributed by atoms with Gasteiger partial charge in [-0.25, -0.2) is 8.42 Å². The Morgan fingerprint density at radius 1 is 1.07 bits per heavy atom. The highest BCUT2D eigenvalue weighted by Crippen LogP contribution is 2.25. The molecule has 0 spiro atoms. The smallest absolute Gasteiger partial charge is 0.253 e. The summed E-state index contributed by atoms with van der Waals surface area (Å²) in [7, 11) is -3.65. The van der Waals surface area contributed by atoms with Crippen molar-refractivity contribution in [1.82, 2.24) is 18.8 Å². The number of carbonyl (C=O) groups is 1. The van der Waals surface area contributed by atoms with Crippen LogP contribution in [-0.2, 0) is 10.0 Å². The number of benzene rings is 2. The van der Waals surface area contributed by atoms with E-state index in [9.17, 15) is 13.2 Å². The summed E-state index contributed by atoms with van der Waals surface area (Å²) < 4.78 is 31.6. The Morgan fingerprint density at radius 3 is 2.41 bits per heavy atom. The molecule has 1 saturated heterocycles. The quantitative estimate of drug-likeness (QED) is 0.638. The van der Waals surface area contributed by atoms with Crippen molar-refractivity contribution in [3.05, 3.63) is 65.5 Å². The van der Waals surface area contributed by atoms with Gasteiger partial charge in [-0.2, -0.15) is 4.31 Å². The predicted octanol–water partition coefficient (Wildman–Crippen LogP) is 2.74. The average molecular weight is 429 g/mol. The summed E-state index contributed by atoms with van der Waals surface area (Å²) in [4.78, 5) is 14.6. The first-order valence-electron chi connectivity index (χ1n) is 9.20. The second kappa shape index (κ2) is 8.02. The third kappa shape index (κ3) is 3.93. The van der Waals surface area contributed by atoms with Crippen LogP contribution in [-0.4, -0.2) is 58.8 Å². The third-order valence-corrected chi connectivity index (χ3v) is 7.52. The van der Waals surface area contributed by atoms with Gasteiger partial charge >= 0.3 is 0 Å². The van der Waals surface area contributed by atoms with Gasteiger partial charge < -0.3 is 4.90 Å². The summed E-state index contributed by atoms with van der Waals surface area (Å²) in [5.74, 6) is -0.0734. The molecular formula is C20H20N4O3S2. The van der Waals surface area contributed by atoms with Crippen molar-refractivity contribution in [1.29, 1.82) is 0 Å². The normalized spacial score (nSPS) is 18.0. The molecule has 2 aromatic carbocycles. The van der Waals surface area contributed by atoms with Crippen molar-refractivity contribution in [3.8, 4) is 11.3 Å². The van der Waals surface area contributed by atoms with Crippen LogP contribution in [0.3, 0.4) is 0 Å². The Morgan fingerprint density at radius 2 is 1.79 bits per heavy atom. The Bertz CT molecular complexity index is 1080. The van der Waals surface area contributed by atoms with Crippen LogP contribution in [0.25, 0.3) is 11.3 Å². The second-order valence-corrected chi connectivity index (χ2v) is 9.40. The molecule has 0 aliphatic carbocycles. The van der Waals surface area contributed by atoms with E-state index in [1.807, 2.05) is 30.5 Å². The highest BCUT2D eigenvalue weighted by molar-refractivity contribution is 7.89. The SMILES string of the molecule is C[C@@H]1CN(C(=O)c2ccccc2)CCN1S(=O)(=O)c1ccc(-c2csnn2)cc1. The van der Waals surface area contributed by atoms with Gasteiger partial charge in [-0.1, -0.05) is 34.8 Å². The first-order chi connectivity index (χ1) is 14.0. The zero-order chi connectivity index (χ0) is 20.4. The molecule has 0 N–H and O–H groups in total. The molecule has 1 aliphatic heterocycles. The Kier molecular flexibility index (Phi) is 5.44. The molecule has 1 aromatic heterocycles. The fourth-order valence-corrected chi connectivity index (χ4v) is 5.55. The molecular weight excluding hydrogens is 408 g/mol. The molecule has 0 radical (unpaired) electrons. The van der Waals surface area contributed by atoms with Crippen LogP contribution in [0.4, 0.5) is 0 Å². The van der Waals surface area contributed by atoms with E-state index in [2.05, 4.69) is 9.59 Å². The average Bonchev–Trinajstić information content (AvgIpc) is 3.28. The van der Waals surface area contributed by atoms with Crippen LogP contribution in [0, 0.1) is 0 Å². The van der Waals surface area contributed by atoms with Crippen LogP contribution < -0.4 is 0 Å². The van der Waals surface area contributed by atoms with Gasteiger partial charge in [-0.05, 0) is 42.7 Å². The summed E-state index contributed by atoms with van der Waals surface area (Å²) in [5, 5.41) is 5.82. The second-order valence-electron chi connectivity index (χ2n) is 6.90. The third-order valence-electron chi connectivity index (χ3n) is 4.99. The lowest BCUT2D eigenvalue weighted by atomic mass is 10.1. The van der Waals surface area contributed by atoms with Crippen molar-refractivity contribution < 1.29 is 13.2 Å². The van der Waals surface area contributed by atoms with Gasteiger partial charge in [0.1, 0.15) is 5.69 Å². The molecule has 0 saturated carbocycles. The van der Waals surface area contributed by atoms with Crippen LogP contribution in [0.15, 0.2) is 64.9 Å². The number of amides is 1. The number of nitrogens with zero attached hydrogens (tertiary/aromatic N) is 4. The predicted molar refractivity (Wildman–Crippen MR) is 111 cm³/mol. The van der Waals surface area contributed by atoms with E-state index in [1.165, 1.54) is 15.8 Å². The summed E-state index contributed by atoms with van der Waals surface area (Å²) in [6.45, 7) is 2.81. The standard InChI is InChI=1S/C20H20N4O3S2/c1-15-13-23(20(25)17-5-3-2-4-6-17)11-12-24(15)29(26,27)18-9-7-16(8-10-18)19-14-28-22-21-19/h2-10,14-15H,11-13H2,1H3/t15-/m1/s1. The number of aromatic nitrogens is 2. The number of rotatable bonds is 4. The van der Waals surface area contributed by atoms with Crippen molar-refractivity contribution in [3.63, 3.8) is 0 Å². The monoisotopic (exact) mass is 428 g/mol. The van der Waals surface area contributed by atoms with Gasteiger partial charge in [-0.15, -0.1) is 5.10 Å². The summed E-state index contributed by atoms with van der Waals surface area (Å²) in [5.41, 5.74) is 2.16. The zero-order valence-electron chi connectivity index (χ0n) is 15.8. The zero-order valence-corrected chi connectivity index (χ0v) is 17.4. The van der Waals surface area contributed by atoms with Crippen molar-refractivity contribution in [2.24, 2.45) is 0 Å². The van der Waals surface area contributed by atoms with Gasteiger partial charge in [0.05, 0.1) is 4.90 Å². The van der Waals surface area contributed by atoms with Crippen molar-refractivity contribution in [2.75, 3.05) is 19.6 Å². The minimum atomic E-state index is -3.65. The molecule has 2 heterocycles. The molecule has 1 fully saturated rings. The van der Waals surface area contributed by atoms with Gasteiger partial charge in [0.2, 0.25) is 10.0 Å². The van der Waals surface area contributed by atoms with E-state index < -0.39 is 10.0 Å². The lowest BCUT2D eigenvalue weighted by molar-refractivity contribution is 0.0642. The van der Waals surface area contributed by atoms with Crippen molar-refractivity contribution >= 4 is 27.5 Å². The minimum absolute atomic E-state index is 0.0734. The maximum Gasteiger partial charge on any atom is 0.253 e. The molecule has 1 amide bonds. The number of piperazine rings is 1. The molecule has 150 valence electrons. The van der Waals surface area contributed by atoms with E-state index in [4.69, 9.17) is 0 Å². The lowest BCUT2D eigenvalue weighted by Crippen LogP contribution is -2.55. The van der Waals surface area contributed by atoms with Gasteiger partial charge in [0.25, 0.3) is 5.91 Å². The van der Waals surface area contributed by atoms with Crippen LogP contribution in [0.5, 0.6) is 0 Å². The molecule has 0 unspecified atom stereocenters. The summed E-state index contributed by atoms with van der Waals surface area (Å²) >= 11 is 1.25. The first-order valence-corrected chi connectivity index (χ1v) is 11.5. The molecule has 4 rings (SSSR count). The van der Waals surface area contributed by atoms with E-state index >= 15 is 0 Å². The molecule has 3 aromatic rings. The van der Waals surface area contributed by atoms with E-state index in [1.54, 1.807) is 41.3 Å². The molecule has 0 bridgehead atoms. The number of sulfonamides is 1. The molecule has 9 heteroatoms. The highest BCUT2D eigenvalue weighted by atomic mass is 32.2. The van der Waals surface area contributed by atoms with Crippen LogP contribution in [0.2, 0.25) is 0 Å².